The second kappa shape index (κ2) is 7.24. The average Bonchev–Trinajstić information content (AvgIpc) is 3.10. The number of aliphatic hydroxyl groups excluding tert-OH is 1. The quantitative estimate of drug-likeness (QED) is 0.881. The van der Waals surface area contributed by atoms with E-state index in [0.29, 0.717) is 6.54 Å². The third-order valence-electron chi connectivity index (χ3n) is 5.20. The van der Waals surface area contributed by atoms with Crippen LogP contribution in [0, 0.1) is 0 Å². The summed E-state index contributed by atoms with van der Waals surface area (Å²) in [5, 5.41) is 14.8. The van der Waals surface area contributed by atoms with Crippen molar-refractivity contribution in [2.75, 3.05) is 49.5 Å². The average molecular weight is 358 g/mol. The molecule has 2 N–H and O–H groups in total. The second-order valence-electron chi connectivity index (χ2n) is 6.88. The van der Waals surface area contributed by atoms with Crippen LogP contribution in [-0.2, 0) is 6.42 Å². The van der Waals surface area contributed by atoms with Crippen LogP contribution in [0.1, 0.15) is 17.2 Å². The fourth-order valence-electron chi connectivity index (χ4n) is 3.74. The monoisotopic (exact) mass is 357 g/mol. The zero-order chi connectivity index (χ0) is 17.2. The molecule has 25 heavy (non-hydrogen) atoms. The van der Waals surface area contributed by atoms with E-state index in [1.807, 2.05) is 24.3 Å². The Morgan fingerprint density at radius 1 is 1.08 bits per heavy atom. The van der Waals surface area contributed by atoms with Crippen LogP contribution < -0.4 is 10.2 Å². The highest BCUT2D eigenvalue weighted by atomic mass is 35.5. The topological polar surface area (TPSA) is 38.7 Å². The SMILES string of the molecule is OC(CN1CCN(c2cccc(Cl)c2)CC1)c1ccc2c(c1)CCN2. The van der Waals surface area contributed by atoms with E-state index in [0.717, 1.165) is 49.7 Å². The molecule has 0 spiro atoms. The molecular formula is C20H24ClN3O. The lowest BCUT2D eigenvalue weighted by Crippen LogP contribution is -2.47. The summed E-state index contributed by atoms with van der Waals surface area (Å²) in [6.45, 7) is 5.52. The molecule has 0 radical (unpaired) electrons. The van der Waals surface area contributed by atoms with E-state index < -0.39 is 6.10 Å². The van der Waals surface area contributed by atoms with Gasteiger partial charge in [-0.15, -0.1) is 0 Å². The number of rotatable bonds is 4. The van der Waals surface area contributed by atoms with E-state index in [9.17, 15) is 5.11 Å². The van der Waals surface area contributed by atoms with Gasteiger partial charge in [-0.2, -0.15) is 0 Å². The Bertz CT molecular complexity index is 743. The van der Waals surface area contributed by atoms with E-state index in [4.69, 9.17) is 11.6 Å². The lowest BCUT2D eigenvalue weighted by molar-refractivity contribution is 0.109. The molecule has 1 saturated heterocycles. The number of fused-ring (bicyclic) bond motifs is 1. The maximum absolute atomic E-state index is 10.6. The number of anilines is 2. The number of aliphatic hydroxyl groups is 1. The van der Waals surface area contributed by atoms with E-state index >= 15 is 0 Å². The van der Waals surface area contributed by atoms with Crippen molar-refractivity contribution in [2.45, 2.75) is 12.5 Å². The number of hydrogen-bond acceptors (Lipinski definition) is 4. The Kier molecular flexibility index (Phi) is 4.84. The Morgan fingerprint density at radius 2 is 1.92 bits per heavy atom. The predicted molar refractivity (Wildman–Crippen MR) is 104 cm³/mol. The minimum absolute atomic E-state index is 0.427. The Morgan fingerprint density at radius 3 is 2.72 bits per heavy atom. The van der Waals surface area contributed by atoms with Crippen molar-refractivity contribution in [1.29, 1.82) is 0 Å². The van der Waals surface area contributed by atoms with Gasteiger partial charge in [0.05, 0.1) is 6.10 Å². The van der Waals surface area contributed by atoms with Crippen molar-refractivity contribution >= 4 is 23.0 Å². The molecule has 0 amide bonds. The van der Waals surface area contributed by atoms with Crippen LogP contribution in [0.25, 0.3) is 0 Å². The molecule has 2 aliphatic heterocycles. The molecule has 0 bridgehead atoms. The molecule has 2 aliphatic rings. The van der Waals surface area contributed by atoms with Gasteiger partial charge in [-0.05, 0) is 41.8 Å². The third-order valence-corrected chi connectivity index (χ3v) is 5.44. The van der Waals surface area contributed by atoms with Crippen molar-refractivity contribution in [3.63, 3.8) is 0 Å². The molecule has 0 aromatic heterocycles. The lowest BCUT2D eigenvalue weighted by atomic mass is 10.0. The minimum Gasteiger partial charge on any atom is -0.387 e. The first-order chi connectivity index (χ1) is 12.2. The third kappa shape index (κ3) is 3.76. The van der Waals surface area contributed by atoms with Crippen molar-refractivity contribution in [1.82, 2.24) is 4.90 Å². The van der Waals surface area contributed by atoms with Crippen molar-refractivity contribution in [2.24, 2.45) is 0 Å². The van der Waals surface area contributed by atoms with Gasteiger partial charge in [0.25, 0.3) is 0 Å². The van der Waals surface area contributed by atoms with Gasteiger partial charge >= 0.3 is 0 Å². The zero-order valence-corrected chi connectivity index (χ0v) is 15.0. The summed E-state index contributed by atoms with van der Waals surface area (Å²) >= 11 is 6.10. The minimum atomic E-state index is -0.427. The first kappa shape index (κ1) is 16.7. The van der Waals surface area contributed by atoms with Gasteiger partial charge < -0.3 is 15.3 Å². The number of piperazine rings is 1. The molecule has 0 saturated carbocycles. The van der Waals surface area contributed by atoms with Gasteiger partial charge in [-0.25, -0.2) is 0 Å². The summed E-state index contributed by atoms with van der Waals surface area (Å²) in [5.74, 6) is 0. The molecule has 5 heteroatoms. The molecule has 2 aromatic rings. The standard InChI is InChI=1S/C20H24ClN3O/c21-17-2-1-3-18(13-17)24-10-8-23(9-11-24)14-20(25)16-4-5-19-15(12-16)6-7-22-19/h1-5,12-13,20,22,25H,6-11,14H2. The molecule has 4 rings (SSSR count). The molecule has 132 valence electrons. The van der Waals surface area contributed by atoms with Gasteiger partial charge in [0.1, 0.15) is 0 Å². The largest absolute Gasteiger partial charge is 0.387 e. The van der Waals surface area contributed by atoms with Crippen molar-refractivity contribution < 1.29 is 5.11 Å². The Balaban J connectivity index is 1.34. The number of hydrogen-bond donors (Lipinski definition) is 2. The normalized spacial score (nSPS) is 18.7. The summed E-state index contributed by atoms with van der Waals surface area (Å²) in [5.41, 5.74) is 4.74. The van der Waals surface area contributed by atoms with Crippen LogP contribution in [0.5, 0.6) is 0 Å². The van der Waals surface area contributed by atoms with Gasteiger partial charge in [-0.3, -0.25) is 4.90 Å². The van der Waals surface area contributed by atoms with Crippen LogP contribution in [0.15, 0.2) is 42.5 Å². The molecule has 2 aromatic carbocycles. The zero-order valence-electron chi connectivity index (χ0n) is 14.3. The van der Waals surface area contributed by atoms with Gasteiger partial charge in [0.2, 0.25) is 0 Å². The summed E-state index contributed by atoms with van der Waals surface area (Å²) in [6.07, 6.45) is 0.623. The number of β-amino-alcohol motifs (C(OH)–C–C–N with tert-alkyl or cyclic N) is 1. The molecular weight excluding hydrogens is 334 g/mol. The number of nitrogens with one attached hydrogen (secondary N) is 1. The van der Waals surface area contributed by atoms with E-state index in [-0.39, 0.29) is 0 Å². The fraction of sp³-hybridized carbons (Fsp3) is 0.400. The van der Waals surface area contributed by atoms with Crippen LogP contribution in [0.2, 0.25) is 5.02 Å². The highest BCUT2D eigenvalue weighted by Crippen LogP contribution is 2.27. The molecule has 1 fully saturated rings. The van der Waals surface area contributed by atoms with Crippen LogP contribution in [0.3, 0.4) is 0 Å². The van der Waals surface area contributed by atoms with Gasteiger partial charge in [0.15, 0.2) is 0 Å². The predicted octanol–water partition coefficient (Wildman–Crippen LogP) is 3.16. The van der Waals surface area contributed by atoms with Crippen LogP contribution >= 0.6 is 11.6 Å². The maximum Gasteiger partial charge on any atom is 0.0917 e. The molecule has 1 unspecified atom stereocenters. The first-order valence-electron chi connectivity index (χ1n) is 8.97. The first-order valence-corrected chi connectivity index (χ1v) is 9.34. The van der Waals surface area contributed by atoms with Gasteiger partial charge in [0, 0.05) is 55.7 Å². The smallest absolute Gasteiger partial charge is 0.0917 e. The Labute approximate surface area is 154 Å². The lowest BCUT2D eigenvalue weighted by Gasteiger charge is -2.37. The van der Waals surface area contributed by atoms with Crippen molar-refractivity contribution in [3.8, 4) is 0 Å². The molecule has 4 nitrogen and oxygen atoms in total. The van der Waals surface area contributed by atoms with Gasteiger partial charge in [-0.1, -0.05) is 29.8 Å². The number of halogens is 1. The highest BCUT2D eigenvalue weighted by Gasteiger charge is 2.21. The van der Waals surface area contributed by atoms with E-state index in [1.54, 1.807) is 0 Å². The van der Waals surface area contributed by atoms with Crippen LogP contribution in [-0.4, -0.2) is 49.3 Å². The summed E-state index contributed by atoms with van der Waals surface area (Å²) in [4.78, 5) is 4.70. The number of nitrogens with zero attached hydrogens (tertiary/aromatic N) is 2. The van der Waals surface area contributed by atoms with Crippen LogP contribution in [0.4, 0.5) is 11.4 Å². The second-order valence-corrected chi connectivity index (χ2v) is 7.31. The van der Waals surface area contributed by atoms with E-state index in [1.165, 1.54) is 16.9 Å². The molecule has 2 heterocycles. The summed E-state index contributed by atoms with van der Waals surface area (Å²) < 4.78 is 0. The van der Waals surface area contributed by atoms with Crippen molar-refractivity contribution in [3.05, 3.63) is 58.6 Å². The summed E-state index contributed by atoms with van der Waals surface area (Å²) in [6, 6.07) is 14.3. The molecule has 1 atom stereocenters. The number of benzene rings is 2. The fourth-order valence-corrected chi connectivity index (χ4v) is 3.93. The summed E-state index contributed by atoms with van der Waals surface area (Å²) in [7, 11) is 0. The molecule has 0 aliphatic carbocycles. The Hall–Kier alpha value is -1.75. The highest BCUT2D eigenvalue weighted by molar-refractivity contribution is 6.30. The van der Waals surface area contributed by atoms with E-state index in [2.05, 4.69) is 33.3 Å². The maximum atomic E-state index is 10.6.